The zero-order valence-electron chi connectivity index (χ0n) is 12.4. The zero-order chi connectivity index (χ0) is 14.9. The third kappa shape index (κ3) is 5.96. The van der Waals surface area contributed by atoms with E-state index in [1.807, 2.05) is 52.0 Å². The van der Waals surface area contributed by atoms with Crippen molar-refractivity contribution in [1.82, 2.24) is 0 Å². The average Bonchev–Trinajstić information content (AvgIpc) is 2.38. The SMILES string of the molecule is C=CC(=C/C(C)(C)C(=N)N=C/C(C=C)=C/C)/C=C/C. The van der Waals surface area contributed by atoms with Gasteiger partial charge in [0.1, 0.15) is 5.84 Å². The van der Waals surface area contributed by atoms with Crippen LogP contribution >= 0.6 is 0 Å². The molecule has 0 saturated heterocycles. The molecule has 2 heteroatoms. The first-order chi connectivity index (χ1) is 8.91. The van der Waals surface area contributed by atoms with Crippen molar-refractivity contribution in [1.29, 1.82) is 5.41 Å². The first-order valence-electron chi connectivity index (χ1n) is 6.31. The number of hydrogen-bond donors (Lipinski definition) is 1. The lowest BCUT2D eigenvalue weighted by Gasteiger charge is -2.19. The molecule has 1 N–H and O–H groups in total. The Hall–Kier alpha value is -1.96. The lowest BCUT2D eigenvalue weighted by molar-refractivity contribution is 0.661. The molecular weight excluding hydrogens is 232 g/mol. The van der Waals surface area contributed by atoms with Gasteiger partial charge in [-0.1, -0.05) is 49.6 Å². The molecule has 0 heterocycles. The van der Waals surface area contributed by atoms with Crippen molar-refractivity contribution in [2.75, 3.05) is 0 Å². The summed E-state index contributed by atoms with van der Waals surface area (Å²) in [7, 11) is 0. The highest BCUT2D eigenvalue weighted by atomic mass is 14.8. The summed E-state index contributed by atoms with van der Waals surface area (Å²) in [5, 5.41) is 8.07. The minimum Gasteiger partial charge on any atom is -0.286 e. The second kappa shape index (κ2) is 8.20. The van der Waals surface area contributed by atoms with E-state index < -0.39 is 5.41 Å². The quantitative estimate of drug-likeness (QED) is 0.399. The Balaban J connectivity index is 5.16. The summed E-state index contributed by atoms with van der Waals surface area (Å²) in [6.07, 6.45) is 13.0. The number of aliphatic imine (C=N–C) groups is 1. The number of allylic oxidation sites excluding steroid dienone is 7. The van der Waals surface area contributed by atoms with Crippen molar-refractivity contribution >= 4 is 12.1 Å². The molecule has 0 aromatic carbocycles. The number of rotatable bonds is 6. The van der Waals surface area contributed by atoms with Gasteiger partial charge in [0.25, 0.3) is 0 Å². The molecule has 0 aromatic rings. The van der Waals surface area contributed by atoms with Crippen LogP contribution in [0.15, 0.2) is 65.8 Å². The highest BCUT2D eigenvalue weighted by Gasteiger charge is 2.20. The van der Waals surface area contributed by atoms with E-state index >= 15 is 0 Å². The molecule has 0 bridgehead atoms. The molecule has 0 unspecified atom stereocenters. The Kier molecular flexibility index (Phi) is 7.35. The number of nitrogens with zero attached hydrogens (tertiary/aromatic N) is 1. The monoisotopic (exact) mass is 256 g/mol. The van der Waals surface area contributed by atoms with Crippen molar-refractivity contribution in [2.45, 2.75) is 27.7 Å². The van der Waals surface area contributed by atoms with Gasteiger partial charge in [0.2, 0.25) is 0 Å². The molecule has 0 aliphatic carbocycles. The topological polar surface area (TPSA) is 36.2 Å². The first kappa shape index (κ1) is 17.0. The Bertz CT molecular complexity index is 458. The Morgan fingerprint density at radius 2 is 1.68 bits per heavy atom. The third-order valence-corrected chi connectivity index (χ3v) is 2.64. The zero-order valence-corrected chi connectivity index (χ0v) is 12.4. The van der Waals surface area contributed by atoms with Gasteiger partial charge in [-0.2, -0.15) is 0 Å². The van der Waals surface area contributed by atoms with Crippen LogP contribution in [0.4, 0.5) is 0 Å². The minimum absolute atomic E-state index is 0.303. The van der Waals surface area contributed by atoms with Crippen LogP contribution in [0.25, 0.3) is 0 Å². The van der Waals surface area contributed by atoms with E-state index in [0.717, 1.165) is 11.1 Å². The lowest BCUT2D eigenvalue weighted by atomic mass is 9.89. The molecule has 19 heavy (non-hydrogen) atoms. The fraction of sp³-hybridized carbons (Fsp3) is 0.294. The van der Waals surface area contributed by atoms with E-state index in [1.165, 1.54) is 0 Å². The molecule has 0 aromatic heterocycles. The molecule has 2 nitrogen and oxygen atoms in total. The first-order valence-corrected chi connectivity index (χ1v) is 6.31. The molecule has 102 valence electrons. The van der Waals surface area contributed by atoms with Gasteiger partial charge in [0.05, 0.1) is 0 Å². The lowest BCUT2D eigenvalue weighted by Crippen LogP contribution is -2.19. The Labute approximate surface area is 117 Å². The highest BCUT2D eigenvalue weighted by Crippen LogP contribution is 2.22. The van der Waals surface area contributed by atoms with E-state index in [2.05, 4.69) is 18.2 Å². The van der Waals surface area contributed by atoms with Crippen LogP contribution in [0.3, 0.4) is 0 Å². The van der Waals surface area contributed by atoms with E-state index in [4.69, 9.17) is 5.41 Å². The van der Waals surface area contributed by atoms with Crippen molar-refractivity contribution in [2.24, 2.45) is 10.4 Å². The average molecular weight is 256 g/mol. The van der Waals surface area contributed by atoms with E-state index in [9.17, 15) is 0 Å². The largest absolute Gasteiger partial charge is 0.286 e. The molecule has 0 fully saturated rings. The van der Waals surface area contributed by atoms with Crippen LogP contribution in [-0.2, 0) is 0 Å². The van der Waals surface area contributed by atoms with Crippen LogP contribution in [0, 0.1) is 10.8 Å². The summed E-state index contributed by atoms with van der Waals surface area (Å²) in [6.45, 7) is 15.3. The maximum Gasteiger partial charge on any atom is 0.129 e. The van der Waals surface area contributed by atoms with E-state index in [1.54, 1.807) is 18.4 Å². The van der Waals surface area contributed by atoms with Gasteiger partial charge in [-0.25, -0.2) is 4.99 Å². The summed E-state index contributed by atoms with van der Waals surface area (Å²) in [5.41, 5.74) is 1.45. The normalized spacial score (nSPS) is 14.1. The predicted octanol–water partition coefficient (Wildman–Crippen LogP) is 4.88. The van der Waals surface area contributed by atoms with Crippen molar-refractivity contribution in [3.05, 3.63) is 60.8 Å². The van der Waals surface area contributed by atoms with Crippen LogP contribution in [-0.4, -0.2) is 12.1 Å². The third-order valence-electron chi connectivity index (χ3n) is 2.64. The van der Waals surface area contributed by atoms with Crippen LogP contribution in [0.2, 0.25) is 0 Å². The fourth-order valence-corrected chi connectivity index (χ4v) is 1.40. The molecule has 0 aliphatic rings. The molecule has 0 saturated carbocycles. The molecule has 0 rings (SSSR count). The van der Waals surface area contributed by atoms with Crippen molar-refractivity contribution in [3.63, 3.8) is 0 Å². The van der Waals surface area contributed by atoms with Crippen LogP contribution < -0.4 is 0 Å². The standard InChI is InChI=1S/C17H24N2/c1-7-11-15(10-4)12-17(5,6)16(18)19-13-14(8-2)9-3/h7-13,18H,2,4H2,1,3,5-6H3/b11-7+,14-9+,15-12-,18-16?,19-13?. The smallest absolute Gasteiger partial charge is 0.129 e. The summed E-state index contributed by atoms with van der Waals surface area (Å²) in [5.74, 6) is 0.303. The summed E-state index contributed by atoms with van der Waals surface area (Å²) >= 11 is 0. The van der Waals surface area contributed by atoms with E-state index in [0.29, 0.717) is 5.84 Å². The maximum absolute atomic E-state index is 8.07. The molecule has 0 spiro atoms. The van der Waals surface area contributed by atoms with Gasteiger partial charge in [0.15, 0.2) is 0 Å². The van der Waals surface area contributed by atoms with Gasteiger partial charge in [-0.3, -0.25) is 5.41 Å². The minimum atomic E-state index is -0.445. The Morgan fingerprint density at radius 1 is 1.11 bits per heavy atom. The second-order valence-corrected chi connectivity index (χ2v) is 4.67. The van der Waals surface area contributed by atoms with Gasteiger partial charge < -0.3 is 0 Å². The van der Waals surface area contributed by atoms with Crippen molar-refractivity contribution in [3.8, 4) is 0 Å². The highest BCUT2D eigenvalue weighted by molar-refractivity contribution is 5.97. The Morgan fingerprint density at radius 3 is 2.11 bits per heavy atom. The fourth-order valence-electron chi connectivity index (χ4n) is 1.40. The maximum atomic E-state index is 8.07. The van der Waals surface area contributed by atoms with Gasteiger partial charge in [-0.15, -0.1) is 0 Å². The number of hydrogen-bond acceptors (Lipinski definition) is 1. The summed E-state index contributed by atoms with van der Waals surface area (Å²) < 4.78 is 0. The molecule has 0 radical (unpaired) electrons. The summed E-state index contributed by atoms with van der Waals surface area (Å²) in [6, 6.07) is 0. The predicted molar refractivity (Wildman–Crippen MR) is 87.0 cm³/mol. The van der Waals surface area contributed by atoms with Gasteiger partial charge in [0, 0.05) is 11.6 Å². The van der Waals surface area contributed by atoms with Gasteiger partial charge >= 0.3 is 0 Å². The number of nitrogens with one attached hydrogen (secondary N) is 1. The second-order valence-electron chi connectivity index (χ2n) is 4.67. The number of amidine groups is 1. The van der Waals surface area contributed by atoms with Crippen LogP contribution in [0.5, 0.6) is 0 Å². The molecule has 0 aliphatic heterocycles. The van der Waals surface area contributed by atoms with Crippen LogP contribution in [0.1, 0.15) is 27.7 Å². The van der Waals surface area contributed by atoms with Gasteiger partial charge in [-0.05, 0) is 38.8 Å². The van der Waals surface area contributed by atoms with E-state index in [-0.39, 0.29) is 0 Å². The molecule has 0 amide bonds. The van der Waals surface area contributed by atoms with Crippen molar-refractivity contribution < 1.29 is 0 Å². The molecule has 0 atom stereocenters. The summed E-state index contributed by atoms with van der Waals surface area (Å²) in [4.78, 5) is 4.20. The molecular formula is C17H24N2.